The summed E-state index contributed by atoms with van der Waals surface area (Å²) in [5.41, 5.74) is 0. The van der Waals surface area contributed by atoms with Gasteiger partial charge in [0.2, 0.25) is 5.91 Å². The Kier molecular flexibility index (Phi) is 4.28. The number of piperidine rings is 1. The molecule has 0 saturated carbocycles. The minimum absolute atomic E-state index is 0.0434. The van der Waals surface area contributed by atoms with Gasteiger partial charge in [0.1, 0.15) is 6.04 Å². The monoisotopic (exact) mass is 257 g/mol. The van der Waals surface area contributed by atoms with Crippen LogP contribution in [-0.4, -0.2) is 54.5 Å². The molecule has 0 spiro atoms. The average molecular weight is 257 g/mol. The molecular weight excluding hydrogens is 238 g/mol. The van der Waals surface area contributed by atoms with Crippen LogP contribution >= 0.6 is 11.8 Å². The van der Waals surface area contributed by atoms with Crippen LogP contribution in [0.15, 0.2) is 0 Å². The molecule has 2 rings (SSSR count). The topological polar surface area (TPSA) is 61.4 Å². The van der Waals surface area contributed by atoms with Gasteiger partial charge in [-0.25, -0.2) is 0 Å². The molecular formula is C11H19N3O2S. The molecule has 0 aromatic rings. The van der Waals surface area contributed by atoms with E-state index >= 15 is 0 Å². The quantitative estimate of drug-likeness (QED) is 0.762. The maximum Gasteiger partial charge on any atom is 0.279 e. The molecule has 0 aliphatic carbocycles. The molecule has 17 heavy (non-hydrogen) atoms. The summed E-state index contributed by atoms with van der Waals surface area (Å²) in [7, 11) is 1.83. The lowest BCUT2D eigenvalue weighted by Gasteiger charge is -2.28. The molecule has 5 nitrogen and oxygen atoms in total. The summed E-state index contributed by atoms with van der Waals surface area (Å²) in [6.45, 7) is 2.89. The molecule has 0 bridgehead atoms. The van der Waals surface area contributed by atoms with Gasteiger partial charge in [-0.1, -0.05) is 11.8 Å². The lowest BCUT2D eigenvalue weighted by atomic mass is 9.97. The number of thioether (sulfide) groups is 1. The first-order valence-electron chi connectivity index (χ1n) is 6.06. The van der Waals surface area contributed by atoms with Crippen molar-refractivity contribution in [3.63, 3.8) is 0 Å². The molecule has 2 heterocycles. The van der Waals surface area contributed by atoms with Gasteiger partial charge in [-0.2, -0.15) is 0 Å². The minimum Gasteiger partial charge on any atom is -0.344 e. The summed E-state index contributed by atoms with van der Waals surface area (Å²) in [5.74, 6) is 1.20. The minimum atomic E-state index is -0.320. The number of hydrogen-bond acceptors (Lipinski definition) is 4. The van der Waals surface area contributed by atoms with Crippen molar-refractivity contribution >= 4 is 22.9 Å². The van der Waals surface area contributed by atoms with Crippen molar-refractivity contribution in [3.05, 3.63) is 0 Å². The number of carbonyl (C=O) groups is 2. The third-order valence-electron chi connectivity index (χ3n) is 3.34. The molecule has 2 saturated heterocycles. The molecule has 2 amide bonds. The molecule has 2 aliphatic rings. The predicted molar refractivity (Wildman–Crippen MR) is 68.0 cm³/mol. The van der Waals surface area contributed by atoms with Crippen molar-refractivity contribution in [2.45, 2.75) is 18.9 Å². The zero-order chi connectivity index (χ0) is 12.3. The second-order valence-electron chi connectivity index (χ2n) is 4.71. The molecule has 2 aliphatic heterocycles. The fourth-order valence-corrected chi connectivity index (χ4v) is 3.09. The Labute approximate surface area is 106 Å². The zero-order valence-corrected chi connectivity index (χ0v) is 10.9. The number of carbonyl (C=O) groups excluding carboxylic acids is 2. The highest BCUT2D eigenvalue weighted by molar-refractivity contribution is 8.14. The van der Waals surface area contributed by atoms with Gasteiger partial charge < -0.3 is 15.5 Å². The van der Waals surface area contributed by atoms with E-state index in [0.29, 0.717) is 11.7 Å². The number of rotatable bonds is 3. The van der Waals surface area contributed by atoms with Crippen molar-refractivity contribution < 1.29 is 9.59 Å². The maximum atomic E-state index is 12.0. The van der Waals surface area contributed by atoms with Gasteiger partial charge in [-0.05, 0) is 31.8 Å². The van der Waals surface area contributed by atoms with Crippen LogP contribution in [-0.2, 0) is 4.79 Å². The van der Waals surface area contributed by atoms with E-state index in [-0.39, 0.29) is 17.2 Å². The summed E-state index contributed by atoms with van der Waals surface area (Å²) >= 11 is 1.19. The second-order valence-corrected chi connectivity index (χ2v) is 5.70. The van der Waals surface area contributed by atoms with Crippen molar-refractivity contribution in [3.8, 4) is 0 Å². The standard InChI is InChI=1S/C11H19N3O2S/c1-14(6-8-2-4-12-5-3-8)10(15)9-7-17-11(16)13-9/h8-9,12H,2-7H2,1H3,(H,13,16). The van der Waals surface area contributed by atoms with Gasteiger partial charge in [-0.3, -0.25) is 9.59 Å². The van der Waals surface area contributed by atoms with Crippen LogP contribution in [0, 0.1) is 5.92 Å². The summed E-state index contributed by atoms with van der Waals surface area (Å²) in [5, 5.41) is 5.92. The first-order valence-corrected chi connectivity index (χ1v) is 7.04. The highest BCUT2D eigenvalue weighted by Crippen LogP contribution is 2.17. The lowest BCUT2D eigenvalue weighted by Crippen LogP contribution is -2.46. The smallest absolute Gasteiger partial charge is 0.279 e. The Balaban J connectivity index is 1.80. The van der Waals surface area contributed by atoms with E-state index < -0.39 is 0 Å². The number of hydrogen-bond donors (Lipinski definition) is 2. The second kappa shape index (κ2) is 5.73. The number of likely N-dealkylation sites (N-methyl/N-ethyl adjacent to an activating group) is 1. The SMILES string of the molecule is CN(CC1CCNCC1)C(=O)C1CSC(=O)N1. The highest BCUT2D eigenvalue weighted by atomic mass is 32.2. The van der Waals surface area contributed by atoms with Gasteiger partial charge >= 0.3 is 0 Å². The molecule has 1 atom stereocenters. The number of amides is 2. The molecule has 2 fully saturated rings. The van der Waals surface area contributed by atoms with Gasteiger partial charge in [-0.15, -0.1) is 0 Å². The van der Waals surface area contributed by atoms with E-state index in [4.69, 9.17) is 0 Å². The van der Waals surface area contributed by atoms with E-state index in [1.807, 2.05) is 7.05 Å². The van der Waals surface area contributed by atoms with Crippen LogP contribution in [0.3, 0.4) is 0 Å². The van der Waals surface area contributed by atoms with E-state index in [1.165, 1.54) is 11.8 Å². The number of nitrogens with one attached hydrogen (secondary N) is 2. The molecule has 96 valence electrons. The van der Waals surface area contributed by atoms with Crippen LogP contribution in [0.5, 0.6) is 0 Å². The van der Waals surface area contributed by atoms with Crippen molar-refractivity contribution in [1.29, 1.82) is 0 Å². The summed E-state index contributed by atoms with van der Waals surface area (Å²) in [6, 6.07) is -0.320. The Morgan fingerprint density at radius 3 is 2.76 bits per heavy atom. The average Bonchev–Trinajstić information content (AvgIpc) is 2.76. The van der Waals surface area contributed by atoms with Crippen LogP contribution in [0.4, 0.5) is 4.79 Å². The van der Waals surface area contributed by atoms with Gasteiger partial charge in [0.15, 0.2) is 0 Å². The molecule has 0 radical (unpaired) electrons. The molecule has 2 N–H and O–H groups in total. The fraction of sp³-hybridized carbons (Fsp3) is 0.818. The molecule has 1 unspecified atom stereocenters. The number of nitrogens with zero attached hydrogens (tertiary/aromatic N) is 1. The summed E-state index contributed by atoms with van der Waals surface area (Å²) in [4.78, 5) is 24.9. The summed E-state index contributed by atoms with van der Waals surface area (Å²) < 4.78 is 0. The summed E-state index contributed by atoms with van der Waals surface area (Å²) in [6.07, 6.45) is 2.26. The van der Waals surface area contributed by atoms with Crippen LogP contribution < -0.4 is 10.6 Å². The Hall–Kier alpha value is -0.750. The molecule has 6 heteroatoms. The van der Waals surface area contributed by atoms with Crippen molar-refractivity contribution in [1.82, 2.24) is 15.5 Å². The van der Waals surface area contributed by atoms with E-state index in [2.05, 4.69) is 10.6 Å². The first-order chi connectivity index (χ1) is 8.16. The van der Waals surface area contributed by atoms with Crippen molar-refractivity contribution in [2.75, 3.05) is 32.4 Å². The highest BCUT2D eigenvalue weighted by Gasteiger charge is 2.30. The normalized spacial score (nSPS) is 25.7. The third-order valence-corrected chi connectivity index (χ3v) is 4.22. The predicted octanol–water partition coefficient (Wildman–Crippen LogP) is 0.269. The lowest BCUT2D eigenvalue weighted by molar-refractivity contribution is -0.131. The largest absolute Gasteiger partial charge is 0.344 e. The van der Waals surface area contributed by atoms with Gasteiger partial charge in [0, 0.05) is 19.3 Å². The van der Waals surface area contributed by atoms with Crippen LogP contribution in [0.2, 0.25) is 0 Å². The Morgan fingerprint density at radius 1 is 1.47 bits per heavy atom. The first kappa shape index (κ1) is 12.7. The zero-order valence-electron chi connectivity index (χ0n) is 10.1. The van der Waals surface area contributed by atoms with Gasteiger partial charge in [0.25, 0.3) is 5.24 Å². The van der Waals surface area contributed by atoms with Crippen LogP contribution in [0.25, 0.3) is 0 Å². The van der Waals surface area contributed by atoms with Gasteiger partial charge in [0.05, 0.1) is 0 Å². The molecule has 0 aromatic carbocycles. The maximum absolute atomic E-state index is 12.0. The van der Waals surface area contributed by atoms with E-state index in [9.17, 15) is 9.59 Å². The Bertz CT molecular complexity index is 305. The Morgan fingerprint density at radius 2 is 2.18 bits per heavy atom. The van der Waals surface area contributed by atoms with E-state index in [0.717, 1.165) is 32.5 Å². The molecule has 0 aromatic heterocycles. The van der Waals surface area contributed by atoms with Crippen LogP contribution in [0.1, 0.15) is 12.8 Å². The van der Waals surface area contributed by atoms with Crippen molar-refractivity contribution in [2.24, 2.45) is 5.92 Å². The fourth-order valence-electron chi connectivity index (χ4n) is 2.33. The third kappa shape index (κ3) is 3.35. The van der Waals surface area contributed by atoms with E-state index in [1.54, 1.807) is 4.90 Å².